The summed E-state index contributed by atoms with van der Waals surface area (Å²) in [4.78, 5) is 34.1. The number of pyridine rings is 1. The van der Waals surface area contributed by atoms with E-state index in [1.165, 1.54) is 17.8 Å². The minimum absolute atomic E-state index is 0.0115. The topological polar surface area (TPSA) is 84.0 Å². The van der Waals surface area contributed by atoms with Gasteiger partial charge in [0.2, 0.25) is 11.8 Å². The van der Waals surface area contributed by atoms with Crippen molar-refractivity contribution in [2.75, 3.05) is 5.32 Å². The molecule has 2 amide bonds. The summed E-state index contributed by atoms with van der Waals surface area (Å²) in [5.74, 6) is 1.13. The van der Waals surface area contributed by atoms with E-state index in [-0.39, 0.29) is 22.8 Å². The second-order valence-corrected chi connectivity index (χ2v) is 9.77. The van der Waals surface area contributed by atoms with Gasteiger partial charge in [0.05, 0.1) is 11.1 Å². The molecule has 4 atom stereocenters. The van der Waals surface area contributed by atoms with Crippen LogP contribution in [0.5, 0.6) is 0 Å². The third-order valence-electron chi connectivity index (χ3n) is 6.64. The molecule has 2 heterocycles. The van der Waals surface area contributed by atoms with Gasteiger partial charge in [-0.1, -0.05) is 6.07 Å². The fourth-order valence-corrected chi connectivity index (χ4v) is 6.94. The number of anilines is 1. The van der Waals surface area contributed by atoms with Gasteiger partial charge < -0.3 is 10.6 Å². The number of carbonyl (C=O) groups is 2. The predicted octanol–water partition coefficient (Wildman–Crippen LogP) is 3.62. The van der Waals surface area contributed by atoms with Crippen molar-refractivity contribution < 1.29 is 9.59 Å². The number of carbonyl (C=O) groups excluding carboxylic acids is 2. The van der Waals surface area contributed by atoms with E-state index in [4.69, 9.17) is 0 Å². The molecule has 4 fully saturated rings. The first-order valence-electron chi connectivity index (χ1n) is 9.93. The lowest BCUT2D eigenvalue weighted by Gasteiger charge is -2.61. The maximum Gasteiger partial charge on any atom is 0.232 e. The quantitative estimate of drug-likeness (QED) is 0.827. The zero-order valence-corrected chi connectivity index (χ0v) is 16.7. The van der Waals surface area contributed by atoms with Crippen LogP contribution in [0.25, 0.3) is 11.4 Å². The first-order chi connectivity index (χ1) is 13.5. The maximum absolute atomic E-state index is 13.4. The van der Waals surface area contributed by atoms with Gasteiger partial charge >= 0.3 is 0 Å². The van der Waals surface area contributed by atoms with Crippen molar-refractivity contribution in [2.24, 2.45) is 17.3 Å². The van der Waals surface area contributed by atoms with Crippen LogP contribution in [0.4, 0.5) is 5.13 Å². The van der Waals surface area contributed by atoms with Crippen LogP contribution < -0.4 is 10.6 Å². The summed E-state index contributed by atoms with van der Waals surface area (Å²) in [6.07, 6.45) is 7.56. The first-order valence-corrected chi connectivity index (χ1v) is 10.8. The summed E-state index contributed by atoms with van der Waals surface area (Å²) >= 11 is 1.43. The van der Waals surface area contributed by atoms with Gasteiger partial charge in [-0.2, -0.15) is 0 Å². The summed E-state index contributed by atoms with van der Waals surface area (Å²) in [5.41, 5.74) is 0.998. The summed E-state index contributed by atoms with van der Waals surface area (Å²) in [7, 11) is 0. The molecule has 4 aliphatic carbocycles. The van der Waals surface area contributed by atoms with Gasteiger partial charge in [-0.25, -0.2) is 4.98 Å². The standard InChI is InChI=1S/C21H24N4O2S/c1-13(26)25-21-9-14-6-15(10-21)8-20(7-14,12-21)18(27)24-19-23-17(11-28-19)16-4-2-3-5-22-16/h2-5,11,14-15H,6-10,12H2,1H3,(H,25,26)(H,23,24,27)/t14-,15+,20?,21?. The molecule has 2 aromatic rings. The second kappa shape index (κ2) is 6.37. The van der Waals surface area contributed by atoms with Crippen molar-refractivity contribution in [1.29, 1.82) is 0 Å². The van der Waals surface area contributed by atoms with E-state index < -0.39 is 0 Å². The monoisotopic (exact) mass is 396 g/mol. The number of rotatable bonds is 4. The number of nitrogens with one attached hydrogen (secondary N) is 2. The van der Waals surface area contributed by atoms with Gasteiger partial charge in [-0.05, 0) is 62.5 Å². The minimum atomic E-state index is -0.386. The van der Waals surface area contributed by atoms with Gasteiger partial charge in [0, 0.05) is 24.0 Å². The van der Waals surface area contributed by atoms with Crippen molar-refractivity contribution in [2.45, 2.75) is 51.0 Å². The molecule has 7 heteroatoms. The maximum atomic E-state index is 13.4. The van der Waals surface area contributed by atoms with Crippen LogP contribution >= 0.6 is 11.3 Å². The highest BCUT2D eigenvalue weighted by Gasteiger charge is 2.60. The summed E-state index contributed by atoms with van der Waals surface area (Å²) in [6, 6.07) is 5.71. The lowest BCUT2D eigenvalue weighted by molar-refractivity contribution is -0.148. The summed E-state index contributed by atoms with van der Waals surface area (Å²) in [5, 5.41) is 8.85. The Morgan fingerprint density at radius 2 is 1.93 bits per heavy atom. The van der Waals surface area contributed by atoms with E-state index >= 15 is 0 Å². The average molecular weight is 397 g/mol. The number of nitrogens with zero attached hydrogens (tertiary/aromatic N) is 2. The first kappa shape index (κ1) is 17.8. The molecule has 4 saturated carbocycles. The summed E-state index contributed by atoms with van der Waals surface area (Å²) < 4.78 is 0. The molecule has 0 saturated heterocycles. The highest BCUT2D eigenvalue weighted by Crippen LogP contribution is 2.61. The number of aromatic nitrogens is 2. The normalized spacial score (nSPS) is 32.9. The fourth-order valence-electron chi connectivity index (χ4n) is 6.24. The Labute approximate surface area is 168 Å². The molecule has 2 N–H and O–H groups in total. The molecule has 0 radical (unpaired) electrons. The molecule has 2 aromatic heterocycles. The van der Waals surface area contributed by atoms with E-state index in [1.807, 2.05) is 23.6 Å². The van der Waals surface area contributed by atoms with Crippen molar-refractivity contribution in [1.82, 2.24) is 15.3 Å². The van der Waals surface area contributed by atoms with E-state index in [0.29, 0.717) is 17.0 Å². The molecule has 2 unspecified atom stereocenters. The van der Waals surface area contributed by atoms with E-state index in [9.17, 15) is 9.59 Å². The Morgan fingerprint density at radius 3 is 2.61 bits per heavy atom. The van der Waals surface area contributed by atoms with Gasteiger partial charge in [0.1, 0.15) is 5.69 Å². The van der Waals surface area contributed by atoms with Gasteiger partial charge in [-0.15, -0.1) is 11.3 Å². The highest BCUT2D eigenvalue weighted by molar-refractivity contribution is 7.14. The third kappa shape index (κ3) is 3.02. The molecule has 0 aliphatic heterocycles. The Morgan fingerprint density at radius 1 is 1.14 bits per heavy atom. The molecule has 146 valence electrons. The van der Waals surface area contributed by atoms with Crippen LogP contribution in [-0.4, -0.2) is 27.3 Å². The molecular formula is C21H24N4O2S. The molecular weight excluding hydrogens is 372 g/mol. The SMILES string of the molecule is CC(=O)NC12C[C@H]3C[C@@H](C1)CC(C(=O)Nc1nc(-c4ccccn4)cs1)(C3)C2. The van der Waals surface area contributed by atoms with Crippen molar-refractivity contribution >= 4 is 28.3 Å². The second-order valence-electron chi connectivity index (χ2n) is 8.91. The Balaban J connectivity index is 1.37. The van der Waals surface area contributed by atoms with E-state index in [0.717, 1.165) is 43.5 Å². The van der Waals surface area contributed by atoms with Crippen molar-refractivity contribution in [3.8, 4) is 11.4 Å². The smallest absolute Gasteiger partial charge is 0.232 e. The van der Waals surface area contributed by atoms with Crippen LogP contribution in [-0.2, 0) is 9.59 Å². The molecule has 0 aromatic carbocycles. The van der Waals surface area contributed by atoms with Crippen LogP contribution in [0, 0.1) is 17.3 Å². The molecule has 0 spiro atoms. The number of hydrogen-bond donors (Lipinski definition) is 2. The largest absolute Gasteiger partial charge is 0.351 e. The zero-order chi connectivity index (χ0) is 19.4. The van der Waals surface area contributed by atoms with Crippen LogP contribution in [0.1, 0.15) is 45.4 Å². The van der Waals surface area contributed by atoms with Crippen LogP contribution in [0.2, 0.25) is 0 Å². The third-order valence-corrected chi connectivity index (χ3v) is 7.39. The molecule has 28 heavy (non-hydrogen) atoms. The zero-order valence-electron chi connectivity index (χ0n) is 15.9. The van der Waals surface area contributed by atoms with Crippen molar-refractivity contribution in [3.05, 3.63) is 29.8 Å². The Kier molecular flexibility index (Phi) is 4.05. The van der Waals surface area contributed by atoms with Crippen LogP contribution in [0.3, 0.4) is 0 Å². The predicted molar refractivity (Wildman–Crippen MR) is 108 cm³/mol. The van der Waals surface area contributed by atoms with E-state index in [2.05, 4.69) is 20.6 Å². The number of amides is 2. The molecule has 4 bridgehead atoms. The fraction of sp³-hybridized carbons (Fsp3) is 0.524. The lowest BCUT2D eigenvalue weighted by Crippen LogP contribution is -2.65. The number of thiazole rings is 1. The number of hydrogen-bond acceptors (Lipinski definition) is 5. The minimum Gasteiger partial charge on any atom is -0.351 e. The van der Waals surface area contributed by atoms with Gasteiger partial charge in [0.15, 0.2) is 5.13 Å². The molecule has 4 aliphatic rings. The van der Waals surface area contributed by atoms with Gasteiger partial charge in [-0.3, -0.25) is 14.6 Å². The molecule has 6 nitrogen and oxygen atoms in total. The Hall–Kier alpha value is -2.28. The Bertz CT molecular complexity index is 911. The molecule has 6 rings (SSSR count). The van der Waals surface area contributed by atoms with Crippen molar-refractivity contribution in [3.63, 3.8) is 0 Å². The van der Waals surface area contributed by atoms with Gasteiger partial charge in [0.25, 0.3) is 0 Å². The summed E-state index contributed by atoms with van der Waals surface area (Å²) in [6.45, 7) is 1.58. The lowest BCUT2D eigenvalue weighted by atomic mass is 9.46. The highest BCUT2D eigenvalue weighted by atomic mass is 32.1. The van der Waals surface area contributed by atoms with E-state index in [1.54, 1.807) is 13.1 Å². The van der Waals surface area contributed by atoms with Crippen LogP contribution in [0.15, 0.2) is 29.8 Å². The average Bonchev–Trinajstić information content (AvgIpc) is 3.09.